The highest BCUT2D eigenvalue weighted by Gasteiger charge is 2.23. The molecule has 6 nitrogen and oxygen atoms in total. The smallest absolute Gasteiger partial charge is 0.163 e. The van der Waals surface area contributed by atoms with Gasteiger partial charge >= 0.3 is 0 Å². The van der Waals surface area contributed by atoms with E-state index in [1.807, 2.05) is 14.1 Å². The van der Waals surface area contributed by atoms with Crippen LogP contribution in [0.5, 0.6) is 5.75 Å². The van der Waals surface area contributed by atoms with Gasteiger partial charge in [-0.15, -0.1) is 0 Å². The summed E-state index contributed by atoms with van der Waals surface area (Å²) in [5.74, 6) is 1.03. The summed E-state index contributed by atoms with van der Waals surface area (Å²) in [6.07, 6.45) is 2.26. The van der Waals surface area contributed by atoms with E-state index in [2.05, 4.69) is 10.00 Å². The zero-order chi connectivity index (χ0) is 13.8. The van der Waals surface area contributed by atoms with Crippen molar-refractivity contribution in [3.05, 3.63) is 36.0 Å². The van der Waals surface area contributed by atoms with E-state index < -0.39 is 6.10 Å². The zero-order valence-corrected chi connectivity index (χ0v) is 11.4. The number of rotatable bonds is 6. The molecule has 0 saturated carbocycles. The van der Waals surface area contributed by atoms with Crippen LogP contribution in [0.25, 0.3) is 0 Å². The molecule has 0 aliphatic heterocycles. The molecule has 0 radical (unpaired) electrons. The van der Waals surface area contributed by atoms with Crippen molar-refractivity contribution >= 4 is 0 Å². The third-order valence-electron chi connectivity index (χ3n) is 2.90. The molecule has 0 spiro atoms. The fourth-order valence-corrected chi connectivity index (χ4v) is 1.87. The Kier molecular flexibility index (Phi) is 4.24. The summed E-state index contributed by atoms with van der Waals surface area (Å²) in [7, 11) is 5.54. The first kappa shape index (κ1) is 13.6. The van der Waals surface area contributed by atoms with Gasteiger partial charge in [-0.3, -0.25) is 4.68 Å². The van der Waals surface area contributed by atoms with Gasteiger partial charge in [-0.25, -0.2) is 0 Å². The van der Waals surface area contributed by atoms with Crippen molar-refractivity contribution in [2.75, 3.05) is 27.7 Å². The predicted molar refractivity (Wildman–Crippen MR) is 70.1 cm³/mol. The highest BCUT2D eigenvalue weighted by atomic mass is 16.5. The lowest BCUT2D eigenvalue weighted by Crippen LogP contribution is -2.21. The van der Waals surface area contributed by atoms with Crippen LogP contribution in [0, 0.1) is 0 Å². The minimum absolute atomic E-state index is 0.477. The fraction of sp³-hybridized carbons (Fsp3) is 0.462. The maximum absolute atomic E-state index is 10.4. The Morgan fingerprint density at radius 3 is 2.89 bits per heavy atom. The quantitative estimate of drug-likeness (QED) is 0.848. The molecule has 0 aromatic carbocycles. The molecule has 0 saturated heterocycles. The molecule has 2 aromatic heterocycles. The van der Waals surface area contributed by atoms with Crippen LogP contribution in [0.2, 0.25) is 0 Å². The van der Waals surface area contributed by atoms with Crippen LogP contribution in [0.1, 0.15) is 17.6 Å². The van der Waals surface area contributed by atoms with Crippen molar-refractivity contribution in [3.63, 3.8) is 0 Å². The third-order valence-corrected chi connectivity index (χ3v) is 2.90. The van der Waals surface area contributed by atoms with Gasteiger partial charge in [0.1, 0.15) is 11.5 Å². The van der Waals surface area contributed by atoms with Gasteiger partial charge in [0.05, 0.1) is 26.1 Å². The van der Waals surface area contributed by atoms with Crippen molar-refractivity contribution < 1.29 is 14.3 Å². The number of likely N-dealkylation sites (N-methyl/N-ethyl adjacent to an activating group) is 1. The van der Waals surface area contributed by atoms with Gasteiger partial charge in [-0.1, -0.05) is 0 Å². The number of aliphatic hydroxyl groups excluding tert-OH is 1. The van der Waals surface area contributed by atoms with Crippen LogP contribution in [0.3, 0.4) is 0 Å². The molecule has 2 heterocycles. The highest BCUT2D eigenvalue weighted by Crippen LogP contribution is 2.29. The largest absolute Gasteiger partial charge is 0.493 e. The van der Waals surface area contributed by atoms with Crippen molar-refractivity contribution in [1.82, 2.24) is 14.7 Å². The summed E-state index contributed by atoms with van der Waals surface area (Å²) in [6.45, 7) is 1.49. The Morgan fingerprint density at radius 2 is 2.32 bits per heavy atom. The Hall–Kier alpha value is -1.79. The first-order valence-corrected chi connectivity index (χ1v) is 6.09. The first-order valence-electron chi connectivity index (χ1n) is 6.09. The lowest BCUT2D eigenvalue weighted by Gasteiger charge is -2.15. The Morgan fingerprint density at radius 1 is 1.53 bits per heavy atom. The summed E-state index contributed by atoms with van der Waals surface area (Å²) in [4.78, 5) is 2.05. The van der Waals surface area contributed by atoms with Crippen molar-refractivity contribution in [3.8, 4) is 5.75 Å². The van der Waals surface area contributed by atoms with Gasteiger partial charge in [-0.05, 0) is 26.2 Å². The van der Waals surface area contributed by atoms with E-state index in [0.29, 0.717) is 23.7 Å². The third kappa shape index (κ3) is 2.97. The summed E-state index contributed by atoms with van der Waals surface area (Å²) in [6, 6.07) is 3.47. The first-order chi connectivity index (χ1) is 9.13. The molecule has 0 fully saturated rings. The van der Waals surface area contributed by atoms with E-state index >= 15 is 0 Å². The SMILES string of the molecule is COc1cnn(CCN(C)C)c1C(O)c1ccco1. The Balaban J connectivity index is 2.28. The monoisotopic (exact) mass is 265 g/mol. The van der Waals surface area contributed by atoms with Crippen LogP contribution in [0.4, 0.5) is 0 Å². The number of hydrogen-bond acceptors (Lipinski definition) is 5. The van der Waals surface area contributed by atoms with Crippen LogP contribution in [0.15, 0.2) is 29.0 Å². The second-order valence-corrected chi connectivity index (χ2v) is 4.54. The molecule has 1 N–H and O–H groups in total. The molecular formula is C13H19N3O3. The summed E-state index contributed by atoms with van der Waals surface area (Å²) in [5, 5.41) is 14.6. The van der Waals surface area contributed by atoms with E-state index in [0.717, 1.165) is 6.54 Å². The van der Waals surface area contributed by atoms with E-state index in [9.17, 15) is 5.11 Å². The van der Waals surface area contributed by atoms with Gasteiger partial charge in [0.15, 0.2) is 11.9 Å². The number of nitrogens with zero attached hydrogens (tertiary/aromatic N) is 3. The minimum Gasteiger partial charge on any atom is -0.493 e. The van der Waals surface area contributed by atoms with Crippen LogP contribution in [-0.2, 0) is 6.54 Å². The van der Waals surface area contributed by atoms with E-state index in [-0.39, 0.29) is 0 Å². The van der Waals surface area contributed by atoms with Crippen molar-refractivity contribution in [1.29, 1.82) is 0 Å². The van der Waals surface area contributed by atoms with Gasteiger partial charge in [0, 0.05) is 6.54 Å². The number of methoxy groups -OCH3 is 1. The number of furan rings is 1. The molecule has 19 heavy (non-hydrogen) atoms. The summed E-state index contributed by atoms with van der Waals surface area (Å²) < 4.78 is 12.2. The average molecular weight is 265 g/mol. The standard InChI is InChI=1S/C13H19N3O3/c1-15(2)6-7-16-12(11(18-3)9-14-16)13(17)10-5-4-8-19-10/h4-5,8-9,13,17H,6-7H2,1-3H3. The maximum Gasteiger partial charge on any atom is 0.163 e. The molecule has 0 bridgehead atoms. The van der Waals surface area contributed by atoms with Gasteiger partial charge in [-0.2, -0.15) is 5.10 Å². The average Bonchev–Trinajstić information content (AvgIpc) is 3.04. The molecular weight excluding hydrogens is 246 g/mol. The molecule has 0 aliphatic carbocycles. The van der Waals surface area contributed by atoms with Crippen LogP contribution < -0.4 is 4.74 Å². The number of aromatic nitrogens is 2. The summed E-state index contributed by atoms with van der Waals surface area (Å²) in [5.41, 5.74) is 0.610. The zero-order valence-electron chi connectivity index (χ0n) is 11.4. The Bertz CT molecular complexity index is 505. The normalized spacial score (nSPS) is 12.9. The number of ether oxygens (including phenoxy) is 1. The van der Waals surface area contributed by atoms with E-state index in [4.69, 9.17) is 9.15 Å². The molecule has 1 unspecified atom stereocenters. The van der Waals surface area contributed by atoms with Crippen molar-refractivity contribution in [2.24, 2.45) is 0 Å². The molecule has 1 atom stereocenters. The second kappa shape index (κ2) is 5.90. The molecule has 2 rings (SSSR count). The fourth-order valence-electron chi connectivity index (χ4n) is 1.87. The van der Waals surface area contributed by atoms with Gasteiger partial charge in [0.25, 0.3) is 0 Å². The Labute approximate surface area is 112 Å². The lowest BCUT2D eigenvalue weighted by molar-refractivity contribution is 0.172. The second-order valence-electron chi connectivity index (χ2n) is 4.54. The number of hydrogen-bond donors (Lipinski definition) is 1. The van der Waals surface area contributed by atoms with Gasteiger partial charge < -0.3 is 19.2 Å². The van der Waals surface area contributed by atoms with Crippen LogP contribution in [-0.4, -0.2) is 47.5 Å². The van der Waals surface area contributed by atoms with Gasteiger partial charge in [0.2, 0.25) is 0 Å². The van der Waals surface area contributed by atoms with E-state index in [1.54, 1.807) is 30.1 Å². The lowest BCUT2D eigenvalue weighted by atomic mass is 10.2. The highest BCUT2D eigenvalue weighted by molar-refractivity contribution is 5.31. The molecule has 0 aliphatic rings. The molecule has 0 amide bonds. The van der Waals surface area contributed by atoms with E-state index in [1.165, 1.54) is 6.26 Å². The predicted octanol–water partition coefficient (Wildman–Crippen LogP) is 1.13. The van der Waals surface area contributed by atoms with Crippen molar-refractivity contribution in [2.45, 2.75) is 12.6 Å². The van der Waals surface area contributed by atoms with Crippen LogP contribution >= 0.6 is 0 Å². The molecule has 104 valence electrons. The number of aliphatic hydroxyl groups is 1. The molecule has 6 heteroatoms. The molecule has 2 aromatic rings. The maximum atomic E-state index is 10.4. The minimum atomic E-state index is -0.880. The topological polar surface area (TPSA) is 63.7 Å². The summed E-state index contributed by atoms with van der Waals surface area (Å²) >= 11 is 0.